The monoisotopic (exact) mass is 303 g/mol. The normalized spacial score (nSPS) is 10.5. The highest BCUT2D eigenvalue weighted by Gasteiger charge is 2.15. The first-order valence-electron chi connectivity index (χ1n) is 7.04. The second kappa shape index (κ2) is 8.03. The molecule has 118 valence electrons. The summed E-state index contributed by atoms with van der Waals surface area (Å²) in [4.78, 5) is 26.5. The third kappa shape index (κ3) is 6.75. The summed E-state index contributed by atoms with van der Waals surface area (Å²) >= 11 is 0. The second-order valence-electron chi connectivity index (χ2n) is 5.70. The van der Waals surface area contributed by atoms with E-state index in [4.69, 9.17) is 11.3 Å². The zero-order valence-corrected chi connectivity index (χ0v) is 13.1. The molecule has 0 saturated heterocycles. The van der Waals surface area contributed by atoms with E-state index < -0.39 is 11.7 Å². The van der Waals surface area contributed by atoms with Gasteiger partial charge in [0.25, 0.3) is 5.91 Å². The van der Waals surface area contributed by atoms with Gasteiger partial charge in [0.15, 0.2) is 5.69 Å². The minimum Gasteiger partial charge on any atom is -0.444 e. The number of ether oxygens (including phenoxy) is 1. The van der Waals surface area contributed by atoms with Crippen molar-refractivity contribution >= 4 is 17.7 Å². The van der Waals surface area contributed by atoms with E-state index in [0.29, 0.717) is 30.8 Å². The van der Waals surface area contributed by atoms with Crippen molar-refractivity contribution in [3.63, 3.8) is 0 Å². The van der Waals surface area contributed by atoms with Crippen LogP contribution in [0.5, 0.6) is 0 Å². The number of alkyl carbamates (subject to hydrolysis) is 1. The number of carbonyl (C=O) groups excluding carboxylic acids is 2. The van der Waals surface area contributed by atoms with Gasteiger partial charge < -0.3 is 15.4 Å². The molecule has 6 heteroatoms. The third-order valence-electron chi connectivity index (χ3n) is 2.57. The minimum atomic E-state index is -0.518. The maximum atomic E-state index is 11.8. The van der Waals surface area contributed by atoms with Gasteiger partial charge in [0, 0.05) is 18.7 Å². The minimum absolute atomic E-state index is 0.200. The number of hydrogen-bond donors (Lipinski definition) is 2. The molecular formula is C16H21N3O3. The molecule has 0 aliphatic rings. The molecular weight excluding hydrogens is 282 g/mol. The van der Waals surface area contributed by atoms with Crippen molar-refractivity contribution in [2.45, 2.75) is 32.8 Å². The number of hydrogen-bond acceptors (Lipinski definition) is 3. The number of carbonyl (C=O) groups is 2. The maximum absolute atomic E-state index is 11.8. The van der Waals surface area contributed by atoms with Gasteiger partial charge in [-0.2, -0.15) is 0 Å². The van der Waals surface area contributed by atoms with E-state index in [-0.39, 0.29) is 5.91 Å². The molecule has 1 rings (SSSR count). The summed E-state index contributed by atoms with van der Waals surface area (Å²) in [6.45, 7) is 13.1. The molecule has 0 radical (unpaired) electrons. The van der Waals surface area contributed by atoms with Crippen LogP contribution >= 0.6 is 0 Å². The summed E-state index contributed by atoms with van der Waals surface area (Å²) in [6, 6.07) is 6.43. The largest absolute Gasteiger partial charge is 0.444 e. The van der Waals surface area contributed by atoms with Crippen LogP contribution in [0.2, 0.25) is 0 Å². The van der Waals surface area contributed by atoms with Gasteiger partial charge in [-0.05, 0) is 27.2 Å². The predicted molar refractivity (Wildman–Crippen MR) is 83.9 cm³/mol. The van der Waals surface area contributed by atoms with Crippen LogP contribution in [-0.2, 0) is 4.74 Å². The van der Waals surface area contributed by atoms with E-state index in [2.05, 4.69) is 15.5 Å². The number of nitrogens with one attached hydrogen (secondary N) is 2. The molecule has 0 fully saturated rings. The second-order valence-corrected chi connectivity index (χ2v) is 5.70. The first-order valence-corrected chi connectivity index (χ1v) is 7.04. The van der Waals surface area contributed by atoms with Crippen molar-refractivity contribution in [2.75, 3.05) is 13.1 Å². The summed E-state index contributed by atoms with van der Waals surface area (Å²) in [5, 5.41) is 5.37. The molecule has 1 aromatic rings. The lowest BCUT2D eigenvalue weighted by Crippen LogP contribution is -2.34. The summed E-state index contributed by atoms with van der Waals surface area (Å²) in [6.07, 6.45) is 0.138. The molecule has 2 amide bonds. The van der Waals surface area contributed by atoms with Crippen molar-refractivity contribution in [1.82, 2.24) is 10.6 Å². The van der Waals surface area contributed by atoms with E-state index in [1.165, 1.54) is 0 Å². The first kappa shape index (κ1) is 17.5. The van der Waals surface area contributed by atoms with E-state index in [1.807, 2.05) is 0 Å². The average molecular weight is 303 g/mol. The van der Waals surface area contributed by atoms with Gasteiger partial charge in [-0.3, -0.25) is 4.79 Å². The van der Waals surface area contributed by atoms with E-state index >= 15 is 0 Å². The highest BCUT2D eigenvalue weighted by Crippen LogP contribution is 2.12. The molecule has 0 aromatic heterocycles. The van der Waals surface area contributed by atoms with Crippen molar-refractivity contribution < 1.29 is 14.3 Å². The Morgan fingerprint density at radius 3 is 2.27 bits per heavy atom. The first-order chi connectivity index (χ1) is 10.3. The van der Waals surface area contributed by atoms with Crippen molar-refractivity contribution in [1.29, 1.82) is 0 Å². The van der Waals surface area contributed by atoms with E-state index in [1.54, 1.807) is 45.0 Å². The van der Waals surface area contributed by atoms with E-state index in [0.717, 1.165) is 0 Å². The molecule has 0 saturated carbocycles. The smallest absolute Gasteiger partial charge is 0.407 e. The van der Waals surface area contributed by atoms with Crippen molar-refractivity contribution in [3.8, 4) is 0 Å². The van der Waals surface area contributed by atoms with Gasteiger partial charge in [-0.1, -0.05) is 24.3 Å². The lowest BCUT2D eigenvalue weighted by molar-refractivity contribution is 0.0527. The maximum Gasteiger partial charge on any atom is 0.407 e. The molecule has 0 spiro atoms. The van der Waals surface area contributed by atoms with Gasteiger partial charge in [0.1, 0.15) is 5.60 Å². The van der Waals surface area contributed by atoms with Crippen LogP contribution in [0.25, 0.3) is 4.85 Å². The summed E-state index contributed by atoms with van der Waals surface area (Å²) in [5.74, 6) is -0.200. The highest BCUT2D eigenvalue weighted by molar-refractivity contribution is 5.94. The van der Waals surface area contributed by atoms with Gasteiger partial charge in [-0.25, -0.2) is 9.64 Å². The predicted octanol–water partition coefficient (Wildman–Crippen LogP) is 2.88. The number of benzene rings is 1. The van der Waals surface area contributed by atoms with Crippen LogP contribution in [0.3, 0.4) is 0 Å². The molecule has 0 unspecified atom stereocenters. The van der Waals surface area contributed by atoms with Gasteiger partial charge in [0.05, 0.1) is 6.57 Å². The molecule has 2 N–H and O–H groups in total. The summed E-state index contributed by atoms with van der Waals surface area (Å²) in [5.41, 5.74) is 0.487. The molecule has 1 aromatic carbocycles. The molecule has 22 heavy (non-hydrogen) atoms. The Labute approximate surface area is 130 Å². The summed E-state index contributed by atoms with van der Waals surface area (Å²) in [7, 11) is 0. The standard InChI is InChI=1S/C16H21N3O3/c1-16(2,3)22-15(21)19-11-5-10-18-14(20)12-6-8-13(17-4)9-7-12/h6-9H,5,10-11H2,1-3H3,(H,18,20)(H,19,21). The zero-order chi connectivity index (χ0) is 16.6. The lowest BCUT2D eigenvalue weighted by atomic mass is 10.2. The Morgan fingerprint density at radius 1 is 1.14 bits per heavy atom. The number of rotatable bonds is 5. The van der Waals surface area contributed by atoms with Crippen LogP contribution in [0.4, 0.5) is 10.5 Å². The molecule has 0 heterocycles. The lowest BCUT2D eigenvalue weighted by Gasteiger charge is -2.19. The van der Waals surface area contributed by atoms with E-state index in [9.17, 15) is 9.59 Å². The average Bonchev–Trinajstić information content (AvgIpc) is 2.45. The topological polar surface area (TPSA) is 71.8 Å². The van der Waals surface area contributed by atoms with Crippen LogP contribution in [-0.4, -0.2) is 30.7 Å². The van der Waals surface area contributed by atoms with Gasteiger partial charge in [0.2, 0.25) is 0 Å². The molecule has 0 aliphatic carbocycles. The van der Waals surface area contributed by atoms with Crippen molar-refractivity contribution in [2.24, 2.45) is 0 Å². The molecule has 0 atom stereocenters. The van der Waals surface area contributed by atoms with Gasteiger partial charge in [-0.15, -0.1) is 0 Å². The quantitative estimate of drug-likeness (QED) is 0.649. The van der Waals surface area contributed by atoms with Crippen LogP contribution in [0.15, 0.2) is 24.3 Å². The van der Waals surface area contributed by atoms with Crippen LogP contribution in [0, 0.1) is 6.57 Å². The fourth-order valence-corrected chi connectivity index (χ4v) is 1.58. The zero-order valence-electron chi connectivity index (χ0n) is 13.1. The van der Waals surface area contributed by atoms with Crippen molar-refractivity contribution in [3.05, 3.63) is 41.2 Å². The molecule has 6 nitrogen and oxygen atoms in total. The summed E-state index contributed by atoms with van der Waals surface area (Å²) < 4.78 is 5.09. The Bertz CT molecular complexity index is 553. The Kier molecular flexibility index (Phi) is 6.39. The SMILES string of the molecule is [C-]#[N+]c1ccc(C(=O)NCCCNC(=O)OC(C)(C)C)cc1. The highest BCUT2D eigenvalue weighted by atomic mass is 16.6. The Hall–Kier alpha value is -2.55. The third-order valence-corrected chi connectivity index (χ3v) is 2.57. The van der Waals surface area contributed by atoms with Gasteiger partial charge >= 0.3 is 6.09 Å². The Morgan fingerprint density at radius 2 is 1.73 bits per heavy atom. The Balaban J connectivity index is 2.23. The van der Waals surface area contributed by atoms with Crippen LogP contribution in [0.1, 0.15) is 37.6 Å². The fraction of sp³-hybridized carbons (Fsp3) is 0.438. The van der Waals surface area contributed by atoms with Crippen LogP contribution < -0.4 is 10.6 Å². The number of amides is 2. The number of nitrogens with zero attached hydrogens (tertiary/aromatic N) is 1. The fourth-order valence-electron chi connectivity index (χ4n) is 1.58. The molecule has 0 bridgehead atoms. The molecule has 0 aliphatic heterocycles.